The van der Waals surface area contributed by atoms with Crippen molar-refractivity contribution in [2.24, 2.45) is 5.92 Å². The summed E-state index contributed by atoms with van der Waals surface area (Å²) < 4.78 is 0. The number of thiophene rings is 1. The highest BCUT2D eigenvalue weighted by Gasteiger charge is 2.39. The van der Waals surface area contributed by atoms with E-state index in [2.05, 4.69) is 0 Å². The lowest BCUT2D eigenvalue weighted by molar-refractivity contribution is -0.127. The summed E-state index contributed by atoms with van der Waals surface area (Å²) in [5.41, 5.74) is 0.910. The van der Waals surface area contributed by atoms with Crippen molar-refractivity contribution >= 4 is 23.3 Å². The molecule has 1 aliphatic heterocycles. The first kappa shape index (κ1) is 11.9. The second-order valence-electron chi connectivity index (χ2n) is 5.17. The topological polar surface area (TPSA) is 40.5 Å². The summed E-state index contributed by atoms with van der Waals surface area (Å²) in [6, 6.07) is 2.41. The molecule has 96 valence electrons. The van der Waals surface area contributed by atoms with Crippen LogP contribution in [0.25, 0.3) is 6.08 Å². The Morgan fingerprint density at radius 3 is 3.06 bits per heavy atom. The average molecular weight is 263 g/mol. The van der Waals surface area contributed by atoms with E-state index in [4.69, 9.17) is 5.11 Å². The van der Waals surface area contributed by atoms with Gasteiger partial charge in [-0.05, 0) is 48.3 Å². The Bertz CT molecular complexity index is 480. The molecule has 2 bridgehead atoms. The molecule has 0 radical (unpaired) electrons. The number of hydrogen-bond donors (Lipinski definition) is 1. The molecule has 1 saturated carbocycles. The molecule has 4 heteroatoms. The van der Waals surface area contributed by atoms with Crippen LogP contribution in [0, 0.1) is 5.92 Å². The summed E-state index contributed by atoms with van der Waals surface area (Å²) in [5.74, 6) is 0.885. The highest BCUT2D eigenvalue weighted by molar-refractivity contribution is 7.11. The molecule has 3 nitrogen and oxygen atoms in total. The molecule has 0 spiro atoms. The van der Waals surface area contributed by atoms with E-state index in [-0.39, 0.29) is 12.5 Å². The van der Waals surface area contributed by atoms with E-state index in [1.54, 1.807) is 17.4 Å². The van der Waals surface area contributed by atoms with Crippen molar-refractivity contribution in [2.45, 2.75) is 31.9 Å². The highest BCUT2D eigenvalue weighted by Crippen LogP contribution is 2.37. The third kappa shape index (κ3) is 2.22. The summed E-state index contributed by atoms with van der Waals surface area (Å²) in [6.45, 7) is 1.01. The Hall–Kier alpha value is -1.13. The summed E-state index contributed by atoms with van der Waals surface area (Å²) in [7, 11) is 0. The molecule has 1 aromatic rings. The predicted octanol–water partition coefficient (Wildman–Crippen LogP) is 2.26. The molecule has 18 heavy (non-hydrogen) atoms. The van der Waals surface area contributed by atoms with Gasteiger partial charge in [-0.1, -0.05) is 0 Å². The van der Waals surface area contributed by atoms with Gasteiger partial charge in [0.2, 0.25) is 5.91 Å². The number of amides is 1. The molecular formula is C14H17NO2S. The van der Waals surface area contributed by atoms with Crippen molar-refractivity contribution < 1.29 is 9.90 Å². The van der Waals surface area contributed by atoms with E-state index < -0.39 is 0 Å². The molecular weight excluding hydrogens is 246 g/mol. The largest absolute Gasteiger partial charge is 0.392 e. The predicted molar refractivity (Wildman–Crippen MR) is 72.1 cm³/mol. The molecule has 1 amide bonds. The van der Waals surface area contributed by atoms with E-state index in [9.17, 15) is 4.79 Å². The van der Waals surface area contributed by atoms with Gasteiger partial charge in [-0.3, -0.25) is 4.79 Å². The number of piperidine rings is 1. The van der Waals surface area contributed by atoms with Crippen molar-refractivity contribution in [3.8, 4) is 0 Å². The Balaban J connectivity index is 1.63. The monoisotopic (exact) mass is 263 g/mol. The van der Waals surface area contributed by atoms with Crippen LogP contribution < -0.4 is 0 Å². The maximum absolute atomic E-state index is 12.1. The van der Waals surface area contributed by atoms with Crippen molar-refractivity contribution in [3.05, 3.63) is 28.0 Å². The second kappa shape index (κ2) is 4.86. The molecule has 1 saturated heterocycles. The molecule has 2 aliphatic rings. The molecule has 1 aromatic heterocycles. The van der Waals surface area contributed by atoms with E-state index in [0.29, 0.717) is 6.04 Å². The minimum Gasteiger partial charge on any atom is -0.392 e. The maximum Gasteiger partial charge on any atom is 0.246 e. The van der Waals surface area contributed by atoms with Crippen LogP contribution in [-0.2, 0) is 11.4 Å². The average Bonchev–Trinajstić information content (AvgIpc) is 3.11. The first-order valence-electron chi connectivity index (χ1n) is 6.43. The molecule has 2 heterocycles. The Morgan fingerprint density at radius 2 is 2.44 bits per heavy atom. The van der Waals surface area contributed by atoms with Crippen LogP contribution in [0.4, 0.5) is 0 Å². The highest BCUT2D eigenvalue weighted by atomic mass is 32.1. The van der Waals surface area contributed by atoms with Gasteiger partial charge in [0.15, 0.2) is 0 Å². The van der Waals surface area contributed by atoms with Crippen molar-refractivity contribution in [1.29, 1.82) is 0 Å². The Morgan fingerprint density at radius 1 is 1.56 bits per heavy atom. The summed E-state index contributed by atoms with van der Waals surface area (Å²) >= 11 is 1.56. The number of carbonyl (C=O) groups excluding carboxylic acids is 1. The lowest BCUT2D eigenvalue weighted by atomic mass is 10.1. The van der Waals surface area contributed by atoms with Gasteiger partial charge in [-0.15, -0.1) is 11.3 Å². The van der Waals surface area contributed by atoms with Crippen molar-refractivity contribution in [3.63, 3.8) is 0 Å². The fourth-order valence-corrected chi connectivity index (χ4v) is 3.80. The van der Waals surface area contributed by atoms with Gasteiger partial charge in [0.25, 0.3) is 0 Å². The smallest absolute Gasteiger partial charge is 0.246 e. The molecule has 0 unspecified atom stereocenters. The Labute approximate surface area is 111 Å². The molecule has 2 atom stereocenters. The lowest BCUT2D eigenvalue weighted by Crippen LogP contribution is -2.36. The molecule has 0 aromatic carbocycles. The fourth-order valence-electron chi connectivity index (χ4n) is 3.01. The van der Waals surface area contributed by atoms with E-state index in [0.717, 1.165) is 22.9 Å². The van der Waals surface area contributed by atoms with Crippen LogP contribution >= 0.6 is 11.3 Å². The van der Waals surface area contributed by atoms with Crippen LogP contribution in [0.5, 0.6) is 0 Å². The second-order valence-corrected chi connectivity index (χ2v) is 6.12. The number of aliphatic hydroxyl groups is 1. The summed E-state index contributed by atoms with van der Waals surface area (Å²) in [4.78, 5) is 15.1. The lowest BCUT2D eigenvalue weighted by Gasteiger charge is -2.25. The van der Waals surface area contributed by atoms with Gasteiger partial charge >= 0.3 is 0 Å². The first-order valence-corrected chi connectivity index (χ1v) is 7.31. The minimum atomic E-state index is 0.0637. The van der Waals surface area contributed by atoms with Crippen LogP contribution in [0.15, 0.2) is 17.5 Å². The minimum absolute atomic E-state index is 0.0637. The number of nitrogens with zero attached hydrogens (tertiary/aromatic N) is 1. The molecule has 3 rings (SSSR count). The van der Waals surface area contributed by atoms with Crippen LogP contribution in [-0.4, -0.2) is 28.5 Å². The van der Waals surface area contributed by atoms with Crippen LogP contribution in [0.1, 0.15) is 29.7 Å². The zero-order valence-corrected chi connectivity index (χ0v) is 11.0. The van der Waals surface area contributed by atoms with E-state index in [1.807, 2.05) is 22.4 Å². The number of carbonyl (C=O) groups is 1. The first-order chi connectivity index (χ1) is 8.76. The van der Waals surface area contributed by atoms with E-state index >= 15 is 0 Å². The summed E-state index contributed by atoms with van der Waals surface area (Å²) in [5, 5.41) is 10.9. The fraction of sp³-hybridized carbons (Fsp3) is 0.500. The van der Waals surface area contributed by atoms with Gasteiger partial charge in [-0.25, -0.2) is 0 Å². The normalized spacial score (nSPS) is 26.4. The quantitative estimate of drug-likeness (QED) is 0.850. The van der Waals surface area contributed by atoms with Gasteiger partial charge < -0.3 is 10.0 Å². The van der Waals surface area contributed by atoms with Crippen molar-refractivity contribution in [2.75, 3.05) is 6.54 Å². The zero-order valence-electron chi connectivity index (χ0n) is 10.2. The number of likely N-dealkylation sites (tertiary alicyclic amines) is 1. The standard InChI is InChI=1S/C14H17NO2S/c16-8-11-6-13(18-9-11)3-4-14(17)15-7-10-1-2-12(15)5-10/h3-4,6,9-10,12,16H,1-2,5,7-8H2/t10-,12-/m0/s1. The third-order valence-corrected chi connectivity index (χ3v) is 4.89. The zero-order chi connectivity index (χ0) is 12.5. The SMILES string of the molecule is O=C(C=Cc1cc(CO)cs1)N1C[C@H]2CC[C@H]1C2. The van der Waals surface area contributed by atoms with Gasteiger partial charge in [-0.2, -0.15) is 0 Å². The van der Waals surface area contributed by atoms with E-state index in [1.165, 1.54) is 19.3 Å². The van der Waals surface area contributed by atoms with Crippen LogP contribution in [0.2, 0.25) is 0 Å². The maximum atomic E-state index is 12.1. The van der Waals surface area contributed by atoms with Crippen molar-refractivity contribution in [1.82, 2.24) is 4.90 Å². The van der Waals surface area contributed by atoms with Crippen LogP contribution in [0.3, 0.4) is 0 Å². The molecule has 1 N–H and O–H groups in total. The Kier molecular flexibility index (Phi) is 3.22. The number of aliphatic hydroxyl groups excluding tert-OH is 1. The van der Waals surface area contributed by atoms with Gasteiger partial charge in [0, 0.05) is 23.5 Å². The van der Waals surface area contributed by atoms with Gasteiger partial charge in [0.05, 0.1) is 6.61 Å². The molecule has 1 aliphatic carbocycles. The third-order valence-electron chi connectivity index (χ3n) is 3.94. The number of rotatable bonds is 3. The molecule has 2 fully saturated rings. The summed E-state index contributed by atoms with van der Waals surface area (Å²) in [6.07, 6.45) is 7.21. The number of hydrogen-bond acceptors (Lipinski definition) is 3. The number of fused-ring (bicyclic) bond motifs is 2. The van der Waals surface area contributed by atoms with Gasteiger partial charge in [0.1, 0.15) is 0 Å².